The summed E-state index contributed by atoms with van der Waals surface area (Å²) >= 11 is 0. The molecule has 0 aromatic heterocycles. The third-order valence-corrected chi connectivity index (χ3v) is 3.90. The highest BCUT2D eigenvalue weighted by molar-refractivity contribution is 6.10. The van der Waals surface area contributed by atoms with Crippen molar-refractivity contribution in [1.29, 1.82) is 0 Å². The highest BCUT2D eigenvalue weighted by Crippen LogP contribution is 2.51. The molecule has 2 saturated carbocycles. The van der Waals surface area contributed by atoms with E-state index in [1.165, 1.54) is 0 Å². The van der Waals surface area contributed by atoms with Gasteiger partial charge in [0.1, 0.15) is 5.54 Å². The number of amides is 2. The first-order valence-corrected chi connectivity index (χ1v) is 5.19. The first-order valence-electron chi connectivity index (χ1n) is 5.19. The monoisotopic (exact) mass is 209 g/mol. The Morgan fingerprint density at radius 2 is 1.67 bits per heavy atom. The zero-order chi connectivity index (χ0) is 10.8. The van der Waals surface area contributed by atoms with Gasteiger partial charge in [-0.3, -0.25) is 14.5 Å². The van der Waals surface area contributed by atoms with Crippen LogP contribution in [0.2, 0.25) is 0 Å². The molecular weight excluding hydrogens is 198 g/mol. The minimum Gasteiger partial charge on any atom is -0.479 e. The van der Waals surface area contributed by atoms with Gasteiger partial charge in [0.25, 0.3) is 0 Å². The second-order valence-electron chi connectivity index (χ2n) is 4.64. The second kappa shape index (κ2) is 2.40. The minimum atomic E-state index is -1.18. The molecule has 3 rings (SSSR count). The predicted octanol–water partition coefficient (Wildman–Crippen LogP) is -0.00140. The molecule has 0 aromatic rings. The minimum absolute atomic E-state index is 0.214. The molecule has 1 heterocycles. The average Bonchev–Trinajstić information content (AvgIpc) is 2.79. The Hall–Kier alpha value is -1.39. The molecule has 0 aromatic carbocycles. The molecule has 2 amide bonds. The number of carboxylic acid groups (broad SMARTS) is 1. The van der Waals surface area contributed by atoms with Crippen LogP contribution in [0.5, 0.6) is 0 Å². The van der Waals surface area contributed by atoms with Crippen LogP contribution in [-0.4, -0.2) is 33.3 Å². The fourth-order valence-electron chi connectivity index (χ4n) is 2.60. The quantitative estimate of drug-likeness (QED) is 0.649. The van der Waals surface area contributed by atoms with Crippen molar-refractivity contribution in [3.8, 4) is 0 Å². The highest BCUT2D eigenvalue weighted by atomic mass is 16.4. The van der Waals surface area contributed by atoms with E-state index in [9.17, 15) is 14.4 Å². The number of imide groups is 1. The zero-order valence-electron chi connectivity index (χ0n) is 8.10. The number of carboxylic acids is 1. The maximum atomic E-state index is 11.8. The first kappa shape index (κ1) is 8.88. The largest absolute Gasteiger partial charge is 0.479 e. The second-order valence-corrected chi connectivity index (χ2v) is 4.64. The van der Waals surface area contributed by atoms with Gasteiger partial charge in [-0.15, -0.1) is 0 Å². The molecule has 3 aliphatic rings. The summed E-state index contributed by atoms with van der Waals surface area (Å²) < 4.78 is 0. The fourth-order valence-corrected chi connectivity index (χ4v) is 2.60. The van der Waals surface area contributed by atoms with E-state index in [0.717, 1.165) is 17.7 Å². The average molecular weight is 209 g/mol. The Morgan fingerprint density at radius 1 is 1.20 bits per heavy atom. The van der Waals surface area contributed by atoms with E-state index in [-0.39, 0.29) is 23.7 Å². The van der Waals surface area contributed by atoms with Gasteiger partial charge in [0.05, 0.1) is 11.8 Å². The van der Waals surface area contributed by atoms with E-state index >= 15 is 0 Å². The van der Waals surface area contributed by atoms with Crippen LogP contribution in [0, 0.1) is 11.8 Å². The summed E-state index contributed by atoms with van der Waals surface area (Å²) in [4.78, 5) is 35.7. The number of carbonyl (C=O) groups excluding carboxylic acids is 2. The molecule has 80 valence electrons. The van der Waals surface area contributed by atoms with Gasteiger partial charge in [-0.25, -0.2) is 4.79 Å². The van der Waals surface area contributed by atoms with Gasteiger partial charge in [0.15, 0.2) is 0 Å². The van der Waals surface area contributed by atoms with Crippen molar-refractivity contribution in [2.45, 2.75) is 31.2 Å². The SMILES string of the molecule is O=C1C2CCC2C(=O)N1C1(C(=O)O)CC1. The van der Waals surface area contributed by atoms with Gasteiger partial charge in [0, 0.05) is 0 Å². The lowest BCUT2D eigenvalue weighted by molar-refractivity contribution is -0.156. The smallest absolute Gasteiger partial charge is 0.330 e. The lowest BCUT2D eigenvalue weighted by Crippen LogP contribution is -2.47. The van der Waals surface area contributed by atoms with Crippen molar-refractivity contribution >= 4 is 17.8 Å². The Balaban J connectivity index is 1.97. The van der Waals surface area contributed by atoms with Crippen LogP contribution in [0.25, 0.3) is 0 Å². The van der Waals surface area contributed by atoms with Gasteiger partial charge in [-0.05, 0) is 25.7 Å². The van der Waals surface area contributed by atoms with Crippen LogP contribution in [-0.2, 0) is 14.4 Å². The number of aliphatic carboxylic acids is 1. The maximum absolute atomic E-state index is 11.8. The van der Waals surface area contributed by atoms with Crippen molar-refractivity contribution in [3.05, 3.63) is 0 Å². The lowest BCUT2D eigenvalue weighted by atomic mass is 9.76. The summed E-state index contributed by atoms with van der Waals surface area (Å²) in [5, 5.41) is 9.05. The molecule has 5 heteroatoms. The van der Waals surface area contributed by atoms with Crippen molar-refractivity contribution in [1.82, 2.24) is 4.90 Å². The van der Waals surface area contributed by atoms with E-state index in [4.69, 9.17) is 5.11 Å². The van der Waals surface area contributed by atoms with E-state index < -0.39 is 11.5 Å². The van der Waals surface area contributed by atoms with Gasteiger partial charge >= 0.3 is 5.97 Å². The maximum Gasteiger partial charge on any atom is 0.330 e. The topological polar surface area (TPSA) is 74.7 Å². The molecule has 5 nitrogen and oxygen atoms in total. The summed E-state index contributed by atoms with van der Waals surface area (Å²) in [6.07, 6.45) is 2.31. The van der Waals surface area contributed by atoms with Crippen LogP contribution < -0.4 is 0 Å². The number of carbonyl (C=O) groups is 3. The Labute approximate surface area is 86.0 Å². The standard InChI is InChI=1S/C10H11NO4/c12-7-5-1-2-6(5)8(13)11(7)10(3-4-10)9(14)15/h5-6H,1-4H2,(H,14,15). The summed E-state index contributed by atoms with van der Waals surface area (Å²) in [5.41, 5.74) is -1.18. The number of fused-ring (bicyclic) bond motifs is 1. The first-order chi connectivity index (χ1) is 7.08. The fraction of sp³-hybridized carbons (Fsp3) is 0.700. The number of nitrogens with zero attached hydrogens (tertiary/aromatic N) is 1. The van der Waals surface area contributed by atoms with Crippen molar-refractivity contribution in [3.63, 3.8) is 0 Å². The molecule has 1 saturated heterocycles. The number of hydrogen-bond donors (Lipinski definition) is 1. The molecule has 3 fully saturated rings. The lowest BCUT2D eigenvalue weighted by Gasteiger charge is -2.24. The van der Waals surface area contributed by atoms with Crippen LogP contribution in [0.3, 0.4) is 0 Å². The van der Waals surface area contributed by atoms with Crippen molar-refractivity contribution in [2.75, 3.05) is 0 Å². The summed E-state index contributed by atoms with van der Waals surface area (Å²) in [7, 11) is 0. The third kappa shape index (κ3) is 0.861. The number of rotatable bonds is 2. The molecule has 0 spiro atoms. The Morgan fingerprint density at radius 3 is 1.93 bits per heavy atom. The van der Waals surface area contributed by atoms with Crippen molar-refractivity contribution < 1.29 is 19.5 Å². The van der Waals surface area contributed by atoms with E-state index in [1.54, 1.807) is 0 Å². The molecule has 0 bridgehead atoms. The molecule has 1 N–H and O–H groups in total. The summed E-state index contributed by atoms with van der Waals surface area (Å²) in [6.45, 7) is 0. The molecule has 2 aliphatic carbocycles. The van der Waals surface area contributed by atoms with E-state index in [2.05, 4.69) is 0 Å². The number of hydrogen-bond acceptors (Lipinski definition) is 3. The molecule has 2 unspecified atom stereocenters. The van der Waals surface area contributed by atoms with Gasteiger partial charge < -0.3 is 5.11 Å². The summed E-state index contributed by atoms with van der Waals surface area (Å²) in [6, 6.07) is 0. The van der Waals surface area contributed by atoms with E-state index in [1.807, 2.05) is 0 Å². The van der Waals surface area contributed by atoms with Crippen molar-refractivity contribution in [2.24, 2.45) is 11.8 Å². The highest BCUT2D eigenvalue weighted by Gasteiger charge is 2.66. The molecular formula is C10H11NO4. The molecule has 1 aliphatic heterocycles. The Kier molecular flexibility index (Phi) is 1.42. The normalized spacial score (nSPS) is 36.1. The summed E-state index contributed by atoms with van der Waals surface area (Å²) in [5.74, 6) is -1.97. The predicted molar refractivity (Wildman–Crippen MR) is 47.7 cm³/mol. The molecule has 2 atom stereocenters. The van der Waals surface area contributed by atoms with Gasteiger partial charge in [-0.1, -0.05) is 0 Å². The molecule has 0 radical (unpaired) electrons. The van der Waals surface area contributed by atoms with Crippen LogP contribution in [0.15, 0.2) is 0 Å². The third-order valence-electron chi connectivity index (χ3n) is 3.90. The van der Waals surface area contributed by atoms with E-state index in [0.29, 0.717) is 12.8 Å². The molecule has 15 heavy (non-hydrogen) atoms. The van der Waals surface area contributed by atoms with Gasteiger partial charge in [0.2, 0.25) is 11.8 Å². The van der Waals surface area contributed by atoms with Crippen LogP contribution in [0.1, 0.15) is 25.7 Å². The zero-order valence-corrected chi connectivity index (χ0v) is 8.10. The van der Waals surface area contributed by atoms with Crippen LogP contribution >= 0.6 is 0 Å². The van der Waals surface area contributed by atoms with Crippen LogP contribution in [0.4, 0.5) is 0 Å². The number of likely N-dealkylation sites (tertiary alicyclic amines) is 1. The Bertz CT molecular complexity index is 363. The van der Waals surface area contributed by atoms with Gasteiger partial charge in [-0.2, -0.15) is 0 Å².